The number of aliphatic imine (C=N–C) groups is 1. The molecule has 0 fully saturated rings. The van der Waals surface area contributed by atoms with E-state index in [0.717, 1.165) is 23.4 Å². The molecule has 0 aliphatic rings. The third-order valence-electron chi connectivity index (χ3n) is 3.81. The molecular weight excluding hydrogens is 487 g/mol. The molecule has 9 heteroatoms. The number of nitrogens with zero attached hydrogens (tertiary/aromatic N) is 2. The zero-order chi connectivity index (χ0) is 19.9. The van der Waals surface area contributed by atoms with Gasteiger partial charge in [-0.15, -0.1) is 24.0 Å². The van der Waals surface area contributed by atoms with Crippen LogP contribution in [0.3, 0.4) is 0 Å². The Morgan fingerprint density at radius 2 is 1.89 bits per heavy atom. The molecule has 2 N–H and O–H groups in total. The molecule has 0 amide bonds. The molecule has 0 aliphatic carbocycles. The highest BCUT2D eigenvalue weighted by atomic mass is 127. The minimum absolute atomic E-state index is 0. The first-order valence-electron chi connectivity index (χ1n) is 8.59. The van der Waals surface area contributed by atoms with E-state index in [1.165, 1.54) is 0 Å². The molecule has 1 aromatic heterocycles. The van der Waals surface area contributed by atoms with Crippen molar-refractivity contribution in [3.63, 3.8) is 0 Å². The van der Waals surface area contributed by atoms with Gasteiger partial charge in [-0.25, -0.2) is 9.38 Å². The molecule has 0 saturated carbocycles. The SMILES string of the molecule is CCNC(=NCc1ccc(F)cc1C(F)(F)F)NCCc1ccc(C)nc1.I. The number of aromatic nitrogens is 1. The third-order valence-corrected chi connectivity index (χ3v) is 3.81. The predicted octanol–water partition coefficient (Wildman–Crippen LogP) is 4.46. The monoisotopic (exact) mass is 510 g/mol. The maximum absolute atomic E-state index is 13.2. The van der Waals surface area contributed by atoms with E-state index in [0.29, 0.717) is 31.5 Å². The number of benzene rings is 1. The maximum Gasteiger partial charge on any atom is 0.416 e. The number of nitrogens with one attached hydrogen (secondary N) is 2. The van der Waals surface area contributed by atoms with Crippen LogP contribution in [-0.4, -0.2) is 24.0 Å². The average Bonchev–Trinajstić information content (AvgIpc) is 2.61. The van der Waals surface area contributed by atoms with Gasteiger partial charge in [-0.1, -0.05) is 12.1 Å². The second-order valence-corrected chi connectivity index (χ2v) is 5.98. The summed E-state index contributed by atoms with van der Waals surface area (Å²) in [5.74, 6) is -0.526. The van der Waals surface area contributed by atoms with E-state index in [2.05, 4.69) is 20.6 Å². The standard InChI is InChI=1S/C19H22F4N4.HI/c1-3-24-18(25-9-8-14-5-4-13(2)26-11-14)27-12-15-6-7-16(20)10-17(15)19(21,22)23;/h4-7,10-11H,3,8-9,12H2,1-2H3,(H2,24,25,27);1H. The van der Waals surface area contributed by atoms with Gasteiger partial charge in [0.2, 0.25) is 0 Å². The lowest BCUT2D eigenvalue weighted by molar-refractivity contribution is -0.138. The van der Waals surface area contributed by atoms with Crippen LogP contribution in [0.2, 0.25) is 0 Å². The molecule has 0 radical (unpaired) electrons. The van der Waals surface area contributed by atoms with Crippen molar-refractivity contribution in [2.24, 2.45) is 4.99 Å². The highest BCUT2D eigenvalue weighted by Gasteiger charge is 2.33. The maximum atomic E-state index is 13.2. The van der Waals surface area contributed by atoms with Crippen molar-refractivity contribution in [2.45, 2.75) is 33.0 Å². The van der Waals surface area contributed by atoms with Crippen molar-refractivity contribution < 1.29 is 17.6 Å². The van der Waals surface area contributed by atoms with Crippen LogP contribution in [0.4, 0.5) is 17.6 Å². The Hall–Kier alpha value is -1.91. The number of hydrogen-bond donors (Lipinski definition) is 2. The summed E-state index contributed by atoms with van der Waals surface area (Å²) in [5.41, 5.74) is 0.889. The van der Waals surface area contributed by atoms with Crippen LogP contribution >= 0.6 is 24.0 Å². The summed E-state index contributed by atoms with van der Waals surface area (Å²) in [6, 6.07) is 6.51. The Kier molecular flexibility index (Phi) is 9.63. The Morgan fingerprint density at radius 3 is 2.50 bits per heavy atom. The Balaban J connectivity index is 0.00000392. The fraction of sp³-hybridized carbons (Fsp3) is 0.368. The van der Waals surface area contributed by atoms with Crippen molar-refractivity contribution in [3.8, 4) is 0 Å². The van der Waals surface area contributed by atoms with E-state index in [1.54, 1.807) is 6.20 Å². The number of guanidine groups is 1. The van der Waals surface area contributed by atoms with Crippen LogP contribution in [0.25, 0.3) is 0 Å². The van der Waals surface area contributed by atoms with Gasteiger partial charge in [-0.2, -0.15) is 13.2 Å². The molecule has 0 saturated heterocycles. The lowest BCUT2D eigenvalue weighted by atomic mass is 10.1. The third kappa shape index (κ3) is 7.61. The van der Waals surface area contributed by atoms with Gasteiger partial charge in [0.05, 0.1) is 12.1 Å². The van der Waals surface area contributed by atoms with Crippen molar-refractivity contribution >= 4 is 29.9 Å². The molecule has 2 aromatic rings. The second-order valence-electron chi connectivity index (χ2n) is 5.98. The molecule has 0 aliphatic heterocycles. The van der Waals surface area contributed by atoms with Crippen LogP contribution < -0.4 is 10.6 Å². The Morgan fingerprint density at radius 1 is 1.14 bits per heavy atom. The molecule has 1 aromatic carbocycles. The van der Waals surface area contributed by atoms with Crippen molar-refractivity contribution in [1.82, 2.24) is 15.6 Å². The zero-order valence-corrected chi connectivity index (χ0v) is 17.9. The van der Waals surface area contributed by atoms with Crippen LogP contribution in [0.15, 0.2) is 41.5 Å². The number of alkyl halides is 3. The first kappa shape index (κ1) is 24.1. The van der Waals surface area contributed by atoms with Crippen molar-refractivity contribution in [3.05, 3.63) is 64.7 Å². The first-order valence-corrected chi connectivity index (χ1v) is 8.59. The summed E-state index contributed by atoms with van der Waals surface area (Å²) >= 11 is 0. The van der Waals surface area contributed by atoms with Crippen LogP contribution in [-0.2, 0) is 19.1 Å². The summed E-state index contributed by atoms with van der Waals surface area (Å²) in [5, 5.41) is 6.07. The summed E-state index contributed by atoms with van der Waals surface area (Å²) in [7, 11) is 0. The quantitative estimate of drug-likeness (QED) is 0.261. The predicted molar refractivity (Wildman–Crippen MR) is 112 cm³/mol. The van der Waals surface area contributed by atoms with Gasteiger partial charge in [-0.3, -0.25) is 4.98 Å². The molecule has 0 unspecified atom stereocenters. The molecule has 4 nitrogen and oxygen atoms in total. The molecule has 1 heterocycles. The molecule has 154 valence electrons. The molecule has 0 atom stereocenters. The zero-order valence-electron chi connectivity index (χ0n) is 15.6. The van der Waals surface area contributed by atoms with E-state index >= 15 is 0 Å². The van der Waals surface area contributed by atoms with Crippen LogP contribution in [0.5, 0.6) is 0 Å². The van der Waals surface area contributed by atoms with Gasteiger partial charge in [-0.05, 0) is 49.6 Å². The van der Waals surface area contributed by atoms with Gasteiger partial charge < -0.3 is 10.6 Å². The Labute approximate surface area is 178 Å². The Bertz CT molecular complexity index is 776. The highest BCUT2D eigenvalue weighted by molar-refractivity contribution is 14.0. The van der Waals surface area contributed by atoms with Crippen LogP contribution in [0.1, 0.15) is 29.3 Å². The highest BCUT2D eigenvalue weighted by Crippen LogP contribution is 2.32. The normalized spacial score (nSPS) is 11.7. The first-order chi connectivity index (χ1) is 12.8. The molecule has 2 rings (SSSR count). The molecular formula is C19H23F4IN4. The number of hydrogen-bond acceptors (Lipinski definition) is 2. The molecule has 28 heavy (non-hydrogen) atoms. The van der Waals surface area contributed by atoms with Crippen LogP contribution in [0, 0.1) is 12.7 Å². The number of aryl methyl sites for hydroxylation is 1. The van der Waals surface area contributed by atoms with E-state index < -0.39 is 17.6 Å². The van der Waals surface area contributed by atoms with E-state index in [4.69, 9.17) is 0 Å². The fourth-order valence-electron chi connectivity index (χ4n) is 2.43. The molecule has 0 spiro atoms. The summed E-state index contributed by atoms with van der Waals surface area (Å²) < 4.78 is 52.4. The largest absolute Gasteiger partial charge is 0.416 e. The fourth-order valence-corrected chi connectivity index (χ4v) is 2.43. The average molecular weight is 510 g/mol. The second kappa shape index (κ2) is 11.2. The molecule has 0 bridgehead atoms. The van der Waals surface area contributed by atoms with Gasteiger partial charge >= 0.3 is 6.18 Å². The van der Waals surface area contributed by atoms with E-state index in [1.807, 2.05) is 26.0 Å². The van der Waals surface area contributed by atoms with Crippen molar-refractivity contribution in [1.29, 1.82) is 0 Å². The van der Waals surface area contributed by atoms with Gasteiger partial charge in [0.1, 0.15) is 5.82 Å². The summed E-state index contributed by atoms with van der Waals surface area (Å²) in [4.78, 5) is 8.41. The van der Waals surface area contributed by atoms with Gasteiger partial charge in [0, 0.05) is 25.0 Å². The lowest BCUT2D eigenvalue weighted by Gasteiger charge is -2.14. The van der Waals surface area contributed by atoms with E-state index in [-0.39, 0.29) is 36.1 Å². The summed E-state index contributed by atoms with van der Waals surface area (Å²) in [6.07, 6.45) is -2.14. The number of rotatable bonds is 6. The van der Waals surface area contributed by atoms with Gasteiger partial charge in [0.25, 0.3) is 0 Å². The van der Waals surface area contributed by atoms with Gasteiger partial charge in [0.15, 0.2) is 5.96 Å². The van der Waals surface area contributed by atoms with Crippen molar-refractivity contribution in [2.75, 3.05) is 13.1 Å². The lowest BCUT2D eigenvalue weighted by Crippen LogP contribution is -2.38. The smallest absolute Gasteiger partial charge is 0.357 e. The summed E-state index contributed by atoms with van der Waals surface area (Å²) in [6.45, 7) is 4.67. The number of halogens is 5. The van der Waals surface area contributed by atoms with E-state index in [9.17, 15) is 17.6 Å². The minimum atomic E-state index is -4.63. The number of pyridine rings is 1. The minimum Gasteiger partial charge on any atom is -0.357 e. The topological polar surface area (TPSA) is 49.3 Å².